The Bertz CT molecular complexity index is 302. The molecule has 0 bridgehead atoms. The van der Waals surface area contributed by atoms with Crippen LogP contribution in [0, 0.1) is 0 Å². The van der Waals surface area contributed by atoms with Crippen LogP contribution >= 0.6 is 0 Å². The van der Waals surface area contributed by atoms with Crippen molar-refractivity contribution >= 4 is 23.2 Å². The molecule has 0 saturated heterocycles. The van der Waals surface area contributed by atoms with Gasteiger partial charge in [0.2, 0.25) is 5.78 Å². The fourth-order valence-electron chi connectivity index (χ4n) is 0.491. The van der Waals surface area contributed by atoms with Crippen molar-refractivity contribution in [3.05, 3.63) is 5.53 Å². The monoisotopic (exact) mass is 184 g/mol. The van der Waals surface area contributed by atoms with Crippen molar-refractivity contribution in [1.29, 1.82) is 0 Å². The molecule has 0 radical (unpaired) electrons. The predicted molar refractivity (Wildman–Crippen MR) is 40.9 cm³/mol. The van der Waals surface area contributed by atoms with Crippen LogP contribution in [0.2, 0.25) is 0 Å². The zero-order valence-electron chi connectivity index (χ0n) is 7.23. The molecule has 0 aliphatic heterocycles. The Labute approximate surface area is 74.1 Å². The molecule has 0 N–H and O–H groups in total. The van der Waals surface area contributed by atoms with Crippen LogP contribution in [-0.2, 0) is 19.1 Å². The maximum atomic E-state index is 10.8. The lowest BCUT2D eigenvalue weighted by molar-refractivity contribution is -0.145. The summed E-state index contributed by atoms with van der Waals surface area (Å²) >= 11 is 0. The Morgan fingerprint density at radius 1 is 1.31 bits per heavy atom. The van der Waals surface area contributed by atoms with E-state index in [-0.39, 0.29) is 5.78 Å². The second-order valence-electron chi connectivity index (χ2n) is 2.28. The average Bonchev–Trinajstić information content (AvgIpc) is 2.01. The van der Waals surface area contributed by atoms with E-state index in [2.05, 4.69) is 9.53 Å². The average molecular weight is 184 g/mol. The van der Waals surface area contributed by atoms with E-state index in [4.69, 9.17) is 5.53 Å². The van der Waals surface area contributed by atoms with Gasteiger partial charge in [0.05, 0.1) is 0 Å². The van der Waals surface area contributed by atoms with Crippen molar-refractivity contribution in [2.24, 2.45) is 0 Å². The first-order valence-corrected chi connectivity index (χ1v) is 3.38. The third-order valence-electron chi connectivity index (χ3n) is 1.03. The lowest BCUT2D eigenvalue weighted by Crippen LogP contribution is -2.26. The van der Waals surface area contributed by atoms with E-state index in [1.165, 1.54) is 6.92 Å². The molecule has 0 rings (SSSR count). The predicted octanol–water partition coefficient (Wildman–Crippen LogP) is -0.622. The SMILES string of the molecule is CC(=O)COC(=O)C(=[N+]=[N-])C(C)=O. The molecule has 6 nitrogen and oxygen atoms in total. The Morgan fingerprint density at radius 3 is 2.15 bits per heavy atom. The third kappa shape index (κ3) is 3.93. The number of hydrogen-bond donors (Lipinski definition) is 0. The summed E-state index contributed by atoms with van der Waals surface area (Å²) in [5.41, 5.74) is 7.49. The smallest absolute Gasteiger partial charge is 0.441 e. The normalized spacial score (nSPS) is 8.46. The molecular weight excluding hydrogens is 176 g/mol. The highest BCUT2D eigenvalue weighted by atomic mass is 16.5. The number of esters is 1. The molecule has 0 fully saturated rings. The lowest BCUT2D eigenvalue weighted by Gasteiger charge is -1.95. The Morgan fingerprint density at radius 2 is 1.85 bits per heavy atom. The first-order chi connectivity index (χ1) is 5.99. The van der Waals surface area contributed by atoms with Gasteiger partial charge in [-0.05, 0) is 6.92 Å². The molecule has 0 atom stereocenters. The van der Waals surface area contributed by atoms with E-state index >= 15 is 0 Å². The molecular formula is C7H8N2O4. The maximum Gasteiger partial charge on any atom is 0.441 e. The van der Waals surface area contributed by atoms with Crippen molar-refractivity contribution in [1.82, 2.24) is 0 Å². The minimum Gasteiger partial charge on any atom is -0.449 e. The first-order valence-electron chi connectivity index (χ1n) is 3.38. The van der Waals surface area contributed by atoms with Gasteiger partial charge in [-0.1, -0.05) is 0 Å². The van der Waals surface area contributed by atoms with E-state index < -0.39 is 24.1 Å². The quantitative estimate of drug-likeness (QED) is 0.191. The molecule has 0 aliphatic rings. The van der Waals surface area contributed by atoms with Gasteiger partial charge in [0.25, 0.3) is 0 Å². The minimum absolute atomic E-state index is 0.366. The fourth-order valence-corrected chi connectivity index (χ4v) is 0.491. The van der Waals surface area contributed by atoms with Gasteiger partial charge in [-0.25, -0.2) is 4.79 Å². The summed E-state index contributed by atoms with van der Waals surface area (Å²) in [6.07, 6.45) is 0. The number of nitrogens with zero attached hydrogens (tertiary/aromatic N) is 2. The molecule has 6 heteroatoms. The number of carbonyl (C=O) groups is 3. The number of ether oxygens (including phenoxy) is 1. The second kappa shape index (κ2) is 4.95. The molecule has 70 valence electrons. The van der Waals surface area contributed by atoms with Gasteiger partial charge >= 0.3 is 11.7 Å². The molecule has 0 aliphatic carbocycles. The zero-order valence-corrected chi connectivity index (χ0v) is 7.23. The summed E-state index contributed by atoms with van der Waals surface area (Å²) in [5, 5.41) is 0. The molecule has 0 aromatic carbocycles. The highest BCUT2D eigenvalue weighted by molar-refractivity contribution is 6.61. The number of Topliss-reactive ketones (excluding diaryl/α,β-unsaturated/α-hetero) is 2. The summed E-state index contributed by atoms with van der Waals surface area (Å²) in [6.45, 7) is 1.83. The second-order valence-corrected chi connectivity index (χ2v) is 2.28. The fraction of sp³-hybridized carbons (Fsp3) is 0.429. The minimum atomic E-state index is -1.11. The van der Waals surface area contributed by atoms with E-state index in [9.17, 15) is 14.4 Å². The van der Waals surface area contributed by atoms with Crippen LogP contribution in [0.25, 0.3) is 5.53 Å². The molecule has 0 amide bonds. The largest absolute Gasteiger partial charge is 0.449 e. The van der Waals surface area contributed by atoms with Gasteiger partial charge in [0.1, 0.15) is 6.61 Å². The van der Waals surface area contributed by atoms with Gasteiger partial charge in [0, 0.05) is 6.92 Å². The van der Waals surface area contributed by atoms with Crippen LogP contribution in [0.4, 0.5) is 0 Å². The maximum absolute atomic E-state index is 10.8. The zero-order chi connectivity index (χ0) is 10.4. The van der Waals surface area contributed by atoms with Crippen LogP contribution in [0.1, 0.15) is 13.8 Å². The Kier molecular flexibility index (Phi) is 4.26. The van der Waals surface area contributed by atoms with Crippen LogP contribution in [0.3, 0.4) is 0 Å². The summed E-state index contributed by atoms with van der Waals surface area (Å²) in [5.74, 6) is -2.20. The topological polar surface area (TPSA) is 96.8 Å². The van der Waals surface area contributed by atoms with Gasteiger partial charge in [-0.2, -0.15) is 4.79 Å². The van der Waals surface area contributed by atoms with Gasteiger partial charge in [-0.15, -0.1) is 0 Å². The van der Waals surface area contributed by atoms with Crippen molar-refractivity contribution in [3.63, 3.8) is 0 Å². The van der Waals surface area contributed by atoms with Gasteiger partial charge in [0.15, 0.2) is 5.78 Å². The van der Waals surface area contributed by atoms with E-state index in [1.54, 1.807) is 0 Å². The van der Waals surface area contributed by atoms with Crippen molar-refractivity contribution in [2.75, 3.05) is 6.61 Å². The Hall–Kier alpha value is -1.81. The molecule has 0 heterocycles. The summed E-state index contributed by atoms with van der Waals surface area (Å²) in [7, 11) is 0. The molecule has 0 spiro atoms. The van der Waals surface area contributed by atoms with Crippen molar-refractivity contribution < 1.29 is 23.9 Å². The molecule has 0 aromatic rings. The van der Waals surface area contributed by atoms with E-state index in [0.717, 1.165) is 6.92 Å². The molecule has 0 unspecified atom stereocenters. The van der Waals surface area contributed by atoms with Crippen molar-refractivity contribution in [2.45, 2.75) is 13.8 Å². The molecule has 0 saturated carbocycles. The number of carbonyl (C=O) groups excluding carboxylic acids is 3. The molecule has 0 aromatic heterocycles. The van der Waals surface area contributed by atoms with Crippen LogP contribution in [-0.4, -0.2) is 34.6 Å². The van der Waals surface area contributed by atoms with Crippen LogP contribution in [0.15, 0.2) is 0 Å². The standard InChI is InChI=1S/C7H8N2O4/c1-4(10)3-13-7(12)6(9-8)5(2)11/h3H2,1-2H3. The number of hydrogen-bond acceptors (Lipinski definition) is 4. The summed E-state index contributed by atoms with van der Waals surface area (Å²) in [4.78, 5) is 34.2. The number of ketones is 2. The van der Waals surface area contributed by atoms with Gasteiger partial charge < -0.3 is 10.3 Å². The van der Waals surface area contributed by atoms with Crippen molar-refractivity contribution in [3.8, 4) is 0 Å². The third-order valence-corrected chi connectivity index (χ3v) is 1.03. The van der Waals surface area contributed by atoms with Crippen LogP contribution < -0.4 is 0 Å². The summed E-state index contributed by atoms with van der Waals surface area (Å²) in [6, 6.07) is 0. The number of rotatable bonds is 4. The lowest BCUT2D eigenvalue weighted by atomic mass is 10.3. The summed E-state index contributed by atoms with van der Waals surface area (Å²) < 4.78 is 4.32. The Balaban J connectivity index is 4.34. The highest BCUT2D eigenvalue weighted by Crippen LogP contribution is 1.84. The molecule has 13 heavy (non-hydrogen) atoms. The van der Waals surface area contributed by atoms with Gasteiger partial charge in [-0.3, -0.25) is 9.59 Å². The van der Waals surface area contributed by atoms with Crippen LogP contribution in [0.5, 0.6) is 0 Å². The first kappa shape index (κ1) is 11.2. The van der Waals surface area contributed by atoms with E-state index in [1.807, 2.05) is 0 Å². The highest BCUT2D eigenvalue weighted by Gasteiger charge is 2.27. The van der Waals surface area contributed by atoms with E-state index in [0.29, 0.717) is 0 Å².